The summed E-state index contributed by atoms with van der Waals surface area (Å²) >= 11 is 0. The van der Waals surface area contributed by atoms with Gasteiger partial charge in [0.25, 0.3) is 0 Å². The van der Waals surface area contributed by atoms with Crippen molar-refractivity contribution in [3.05, 3.63) is 29.8 Å². The van der Waals surface area contributed by atoms with E-state index in [-0.39, 0.29) is 6.03 Å². The van der Waals surface area contributed by atoms with E-state index in [4.69, 9.17) is 0 Å². The molecular weight excluding hydrogens is 274 g/mol. The van der Waals surface area contributed by atoms with Crippen molar-refractivity contribution in [2.45, 2.75) is 45.2 Å². The van der Waals surface area contributed by atoms with E-state index < -0.39 is 0 Å². The number of amides is 2. The second-order valence-corrected chi connectivity index (χ2v) is 6.74. The first-order valence-corrected chi connectivity index (χ1v) is 8.24. The van der Waals surface area contributed by atoms with Crippen molar-refractivity contribution >= 4 is 11.7 Å². The molecule has 0 saturated heterocycles. The number of anilines is 1. The molecular formula is C18H29N3O. The quantitative estimate of drug-likeness (QED) is 0.924. The van der Waals surface area contributed by atoms with Crippen LogP contribution in [0.5, 0.6) is 0 Å². The summed E-state index contributed by atoms with van der Waals surface area (Å²) in [6, 6.07) is 8.72. The number of rotatable bonds is 4. The molecule has 122 valence electrons. The molecule has 22 heavy (non-hydrogen) atoms. The van der Waals surface area contributed by atoms with Gasteiger partial charge in [-0.05, 0) is 49.3 Å². The van der Waals surface area contributed by atoms with E-state index in [1.54, 1.807) is 0 Å². The van der Waals surface area contributed by atoms with E-state index in [0.29, 0.717) is 12.6 Å². The summed E-state index contributed by atoms with van der Waals surface area (Å²) in [6.45, 7) is 2.88. The SMILES string of the molecule is CC1CCC(N(C)C(=O)NCc2ccc(N(C)C)cc2)CC1. The van der Waals surface area contributed by atoms with Crippen molar-refractivity contribution in [1.82, 2.24) is 10.2 Å². The molecule has 0 unspecified atom stereocenters. The van der Waals surface area contributed by atoms with Crippen LogP contribution in [0.25, 0.3) is 0 Å². The molecule has 1 aliphatic rings. The van der Waals surface area contributed by atoms with Crippen molar-refractivity contribution in [2.24, 2.45) is 5.92 Å². The van der Waals surface area contributed by atoms with Gasteiger partial charge in [-0.2, -0.15) is 0 Å². The van der Waals surface area contributed by atoms with Crippen LogP contribution in [0, 0.1) is 5.92 Å². The van der Waals surface area contributed by atoms with E-state index in [2.05, 4.69) is 41.4 Å². The molecule has 0 heterocycles. The lowest BCUT2D eigenvalue weighted by Gasteiger charge is -2.33. The van der Waals surface area contributed by atoms with Gasteiger partial charge in [-0.15, -0.1) is 0 Å². The largest absolute Gasteiger partial charge is 0.378 e. The van der Waals surface area contributed by atoms with Crippen LogP contribution in [0.15, 0.2) is 24.3 Å². The van der Waals surface area contributed by atoms with Gasteiger partial charge in [0, 0.05) is 39.4 Å². The number of benzene rings is 1. The molecule has 4 nitrogen and oxygen atoms in total. The first-order valence-electron chi connectivity index (χ1n) is 8.24. The number of carbonyl (C=O) groups excluding carboxylic acids is 1. The smallest absolute Gasteiger partial charge is 0.317 e. The lowest BCUT2D eigenvalue weighted by molar-refractivity contribution is 0.163. The van der Waals surface area contributed by atoms with Gasteiger partial charge >= 0.3 is 6.03 Å². The van der Waals surface area contributed by atoms with Gasteiger partial charge in [0.05, 0.1) is 0 Å². The molecule has 0 bridgehead atoms. The summed E-state index contributed by atoms with van der Waals surface area (Å²) in [5, 5.41) is 3.03. The van der Waals surface area contributed by atoms with Crippen LogP contribution >= 0.6 is 0 Å². The van der Waals surface area contributed by atoms with Crippen molar-refractivity contribution in [2.75, 3.05) is 26.0 Å². The number of hydrogen-bond acceptors (Lipinski definition) is 2. The number of carbonyl (C=O) groups is 1. The highest BCUT2D eigenvalue weighted by molar-refractivity contribution is 5.74. The molecule has 0 aromatic heterocycles. The zero-order valence-electron chi connectivity index (χ0n) is 14.3. The van der Waals surface area contributed by atoms with E-state index in [9.17, 15) is 4.79 Å². The van der Waals surface area contributed by atoms with Crippen LogP contribution in [0.3, 0.4) is 0 Å². The minimum atomic E-state index is 0.0382. The topological polar surface area (TPSA) is 35.6 Å². The zero-order valence-corrected chi connectivity index (χ0v) is 14.3. The highest BCUT2D eigenvalue weighted by atomic mass is 16.2. The summed E-state index contributed by atoms with van der Waals surface area (Å²) in [5.74, 6) is 0.808. The Morgan fingerprint density at radius 2 is 1.68 bits per heavy atom. The van der Waals surface area contributed by atoms with Crippen LogP contribution in [-0.4, -0.2) is 38.1 Å². The molecule has 1 fully saturated rings. The molecule has 1 saturated carbocycles. The second-order valence-electron chi connectivity index (χ2n) is 6.74. The Morgan fingerprint density at radius 1 is 1.09 bits per heavy atom. The minimum absolute atomic E-state index is 0.0382. The predicted octanol–water partition coefficient (Wildman–Crippen LogP) is 3.47. The normalized spacial score (nSPS) is 21.3. The van der Waals surface area contributed by atoms with Gasteiger partial charge < -0.3 is 15.1 Å². The maximum atomic E-state index is 12.3. The van der Waals surface area contributed by atoms with Gasteiger partial charge in [0.2, 0.25) is 0 Å². The Bertz CT molecular complexity index is 476. The molecule has 1 N–H and O–H groups in total. The van der Waals surface area contributed by atoms with E-state index in [1.807, 2.05) is 26.0 Å². The van der Waals surface area contributed by atoms with E-state index in [1.165, 1.54) is 18.5 Å². The first-order chi connectivity index (χ1) is 10.5. The fraction of sp³-hybridized carbons (Fsp3) is 0.611. The van der Waals surface area contributed by atoms with Crippen LogP contribution in [0.1, 0.15) is 38.2 Å². The van der Waals surface area contributed by atoms with E-state index >= 15 is 0 Å². The second kappa shape index (κ2) is 7.52. The number of hydrogen-bond donors (Lipinski definition) is 1. The van der Waals surface area contributed by atoms with E-state index in [0.717, 1.165) is 24.3 Å². The van der Waals surface area contributed by atoms with Gasteiger partial charge in [-0.3, -0.25) is 0 Å². The lowest BCUT2D eigenvalue weighted by Crippen LogP contribution is -2.44. The third-order valence-corrected chi connectivity index (χ3v) is 4.75. The average molecular weight is 303 g/mol. The molecule has 2 rings (SSSR count). The Balaban J connectivity index is 1.81. The molecule has 0 spiro atoms. The molecule has 1 aromatic carbocycles. The van der Waals surface area contributed by atoms with Crippen LogP contribution < -0.4 is 10.2 Å². The molecule has 0 aliphatic heterocycles. The Labute approximate surface area is 134 Å². The fourth-order valence-electron chi connectivity index (χ4n) is 3.01. The summed E-state index contributed by atoms with van der Waals surface area (Å²) in [6.07, 6.45) is 4.72. The van der Waals surface area contributed by atoms with Gasteiger partial charge in [-0.25, -0.2) is 4.79 Å². The molecule has 0 radical (unpaired) electrons. The van der Waals surface area contributed by atoms with Crippen LogP contribution in [0.2, 0.25) is 0 Å². The van der Waals surface area contributed by atoms with Crippen molar-refractivity contribution in [3.63, 3.8) is 0 Å². The maximum absolute atomic E-state index is 12.3. The fourth-order valence-corrected chi connectivity index (χ4v) is 3.01. The van der Waals surface area contributed by atoms with Crippen LogP contribution in [-0.2, 0) is 6.54 Å². The Kier molecular flexibility index (Phi) is 5.69. The number of urea groups is 1. The molecule has 0 atom stereocenters. The van der Waals surface area contributed by atoms with Crippen molar-refractivity contribution in [3.8, 4) is 0 Å². The summed E-state index contributed by atoms with van der Waals surface area (Å²) in [7, 11) is 5.97. The van der Waals surface area contributed by atoms with Gasteiger partial charge in [0.1, 0.15) is 0 Å². The predicted molar refractivity (Wildman–Crippen MR) is 92.2 cm³/mol. The highest BCUT2D eigenvalue weighted by Crippen LogP contribution is 2.26. The number of nitrogens with zero attached hydrogens (tertiary/aromatic N) is 2. The standard InChI is InChI=1S/C18H29N3O/c1-14-5-9-17(10-6-14)21(4)18(22)19-13-15-7-11-16(12-8-15)20(2)3/h7-8,11-12,14,17H,5-6,9-10,13H2,1-4H3,(H,19,22). The van der Waals surface area contributed by atoms with Gasteiger partial charge in [-0.1, -0.05) is 19.1 Å². The summed E-state index contributed by atoms with van der Waals surface area (Å²) in [4.78, 5) is 16.2. The van der Waals surface area contributed by atoms with Crippen LogP contribution in [0.4, 0.5) is 10.5 Å². The molecule has 1 aliphatic carbocycles. The lowest BCUT2D eigenvalue weighted by atomic mass is 9.87. The number of nitrogens with one attached hydrogen (secondary N) is 1. The average Bonchev–Trinajstić information content (AvgIpc) is 2.53. The first kappa shape index (κ1) is 16.7. The highest BCUT2D eigenvalue weighted by Gasteiger charge is 2.24. The summed E-state index contributed by atoms with van der Waals surface area (Å²) < 4.78 is 0. The molecule has 2 amide bonds. The monoisotopic (exact) mass is 303 g/mol. The third kappa shape index (κ3) is 4.39. The van der Waals surface area contributed by atoms with Crippen molar-refractivity contribution < 1.29 is 4.79 Å². The maximum Gasteiger partial charge on any atom is 0.317 e. The molecule has 4 heteroatoms. The Morgan fingerprint density at radius 3 is 2.23 bits per heavy atom. The third-order valence-electron chi connectivity index (χ3n) is 4.75. The Hall–Kier alpha value is -1.71. The summed E-state index contributed by atoms with van der Waals surface area (Å²) in [5.41, 5.74) is 2.30. The van der Waals surface area contributed by atoms with Gasteiger partial charge in [0.15, 0.2) is 0 Å². The minimum Gasteiger partial charge on any atom is -0.378 e. The molecule has 1 aromatic rings. The zero-order chi connectivity index (χ0) is 16.1. The van der Waals surface area contributed by atoms with Crippen molar-refractivity contribution in [1.29, 1.82) is 0 Å².